The number of likely N-dealkylation sites (tertiary alicyclic amines) is 1. The van der Waals surface area contributed by atoms with Gasteiger partial charge in [0.15, 0.2) is 0 Å². The second kappa shape index (κ2) is 15.2. The van der Waals surface area contributed by atoms with E-state index < -0.39 is 0 Å². The fraction of sp³-hybridized carbons (Fsp3) is 0.696. The van der Waals surface area contributed by atoms with Crippen LogP contribution in [-0.2, 0) is 11.2 Å². The Bertz CT molecular complexity index is 550. The molecule has 0 atom stereocenters. The van der Waals surface area contributed by atoms with E-state index in [1.165, 1.54) is 57.3 Å². The van der Waals surface area contributed by atoms with Gasteiger partial charge >= 0.3 is 0 Å². The molecular formula is C23H39N3OS2. The fourth-order valence-electron chi connectivity index (χ4n) is 4.07. The summed E-state index contributed by atoms with van der Waals surface area (Å²) in [4.78, 5) is 16.8. The highest BCUT2D eigenvalue weighted by Gasteiger charge is 2.19. The fourth-order valence-corrected chi connectivity index (χ4v) is 4.47. The Morgan fingerprint density at radius 2 is 1.79 bits per heavy atom. The lowest BCUT2D eigenvalue weighted by atomic mass is 9.90. The summed E-state index contributed by atoms with van der Waals surface area (Å²) in [6.07, 6.45) is 7.52. The number of hydrogen-bond acceptors (Lipinski definition) is 5. The number of carbonyl (C=O) groups excluding carboxylic acids is 1. The van der Waals surface area contributed by atoms with Crippen molar-refractivity contribution in [2.45, 2.75) is 38.5 Å². The van der Waals surface area contributed by atoms with Crippen LogP contribution in [0.25, 0.3) is 0 Å². The summed E-state index contributed by atoms with van der Waals surface area (Å²) in [6, 6.07) is 10.9. The monoisotopic (exact) mass is 437 g/mol. The van der Waals surface area contributed by atoms with Crippen molar-refractivity contribution in [3.63, 3.8) is 0 Å². The minimum atomic E-state index is 0.0965. The lowest BCUT2D eigenvalue weighted by Gasteiger charge is -2.32. The van der Waals surface area contributed by atoms with Gasteiger partial charge in [0, 0.05) is 24.6 Å². The predicted molar refractivity (Wildman–Crippen MR) is 130 cm³/mol. The maximum Gasteiger partial charge on any atom is 0.234 e. The number of piperidine rings is 1. The van der Waals surface area contributed by atoms with Gasteiger partial charge in [0.2, 0.25) is 5.91 Å². The molecule has 1 fully saturated rings. The van der Waals surface area contributed by atoms with E-state index in [-0.39, 0.29) is 5.91 Å². The van der Waals surface area contributed by atoms with E-state index in [1.54, 1.807) is 0 Å². The number of nitrogens with one attached hydrogen (secondary N) is 1. The van der Waals surface area contributed by atoms with Crippen LogP contribution in [0.2, 0.25) is 0 Å². The van der Waals surface area contributed by atoms with Crippen molar-refractivity contribution in [2.24, 2.45) is 5.92 Å². The summed E-state index contributed by atoms with van der Waals surface area (Å²) in [5.41, 5.74) is 1.48. The molecule has 0 unspecified atom stereocenters. The molecule has 1 amide bonds. The van der Waals surface area contributed by atoms with Gasteiger partial charge in [-0.25, -0.2) is 0 Å². The Kier molecular flexibility index (Phi) is 12.9. The Labute approximate surface area is 188 Å². The molecule has 1 heterocycles. The van der Waals surface area contributed by atoms with Crippen molar-refractivity contribution in [2.75, 3.05) is 57.3 Å². The molecule has 1 aromatic carbocycles. The van der Waals surface area contributed by atoms with Crippen LogP contribution in [0.3, 0.4) is 0 Å². The molecule has 6 heteroatoms. The topological polar surface area (TPSA) is 35.6 Å². The predicted octanol–water partition coefficient (Wildman–Crippen LogP) is 3.39. The van der Waals surface area contributed by atoms with Crippen LogP contribution in [0.1, 0.15) is 37.7 Å². The number of carbonyl (C=O) groups is 1. The molecule has 4 nitrogen and oxygen atoms in total. The van der Waals surface area contributed by atoms with E-state index in [2.05, 4.69) is 70.7 Å². The minimum Gasteiger partial charge on any atom is -0.354 e. The van der Waals surface area contributed by atoms with Gasteiger partial charge in [0.1, 0.15) is 0 Å². The smallest absolute Gasteiger partial charge is 0.234 e. The standard InChI is InChI=1S/C23H39N3OS2/c27-23(24-11-17-28)20-26(16-18-29)13-6-2-5-12-25-14-9-22(10-15-25)19-21-7-3-1-4-8-21/h1,3-4,7-8,22,28-29H,2,5-6,9-20H2,(H,24,27). The van der Waals surface area contributed by atoms with Gasteiger partial charge in [-0.15, -0.1) is 0 Å². The summed E-state index contributed by atoms with van der Waals surface area (Å²) >= 11 is 8.46. The van der Waals surface area contributed by atoms with E-state index in [0.717, 1.165) is 31.2 Å². The molecule has 0 aromatic heterocycles. The summed E-state index contributed by atoms with van der Waals surface area (Å²) in [5.74, 6) is 2.41. The molecule has 0 radical (unpaired) electrons. The lowest BCUT2D eigenvalue weighted by Crippen LogP contribution is -2.39. The molecule has 29 heavy (non-hydrogen) atoms. The molecule has 2 rings (SSSR count). The second-order valence-corrected chi connectivity index (χ2v) is 9.00. The van der Waals surface area contributed by atoms with Crippen LogP contribution in [0, 0.1) is 5.92 Å². The molecule has 1 N–H and O–H groups in total. The molecule has 1 aliphatic heterocycles. The van der Waals surface area contributed by atoms with E-state index in [9.17, 15) is 4.79 Å². The van der Waals surface area contributed by atoms with Crippen molar-refractivity contribution in [1.82, 2.24) is 15.1 Å². The number of benzene rings is 1. The Balaban J connectivity index is 1.54. The van der Waals surface area contributed by atoms with E-state index in [0.29, 0.717) is 18.8 Å². The van der Waals surface area contributed by atoms with E-state index in [1.807, 2.05) is 0 Å². The third-order valence-corrected chi connectivity index (χ3v) is 6.16. The average Bonchev–Trinajstić information content (AvgIpc) is 2.74. The van der Waals surface area contributed by atoms with Gasteiger partial charge < -0.3 is 10.2 Å². The number of thiol groups is 2. The highest BCUT2D eigenvalue weighted by molar-refractivity contribution is 7.80. The van der Waals surface area contributed by atoms with Gasteiger partial charge in [-0.2, -0.15) is 25.3 Å². The summed E-state index contributed by atoms with van der Waals surface area (Å²) in [6.45, 7) is 6.67. The summed E-state index contributed by atoms with van der Waals surface area (Å²) in [7, 11) is 0. The van der Waals surface area contributed by atoms with E-state index in [4.69, 9.17) is 0 Å². The van der Waals surface area contributed by atoms with Crippen LogP contribution < -0.4 is 5.32 Å². The van der Waals surface area contributed by atoms with Gasteiger partial charge in [-0.1, -0.05) is 36.8 Å². The average molecular weight is 438 g/mol. The molecule has 0 aliphatic carbocycles. The van der Waals surface area contributed by atoms with Crippen molar-refractivity contribution >= 4 is 31.2 Å². The number of hydrogen-bond donors (Lipinski definition) is 3. The number of rotatable bonds is 14. The van der Waals surface area contributed by atoms with Crippen molar-refractivity contribution in [3.05, 3.63) is 35.9 Å². The molecule has 0 saturated carbocycles. The zero-order valence-corrected chi connectivity index (χ0v) is 19.6. The Hall–Kier alpha value is -0.690. The van der Waals surface area contributed by atoms with Crippen LogP contribution in [0.15, 0.2) is 30.3 Å². The van der Waals surface area contributed by atoms with Crippen LogP contribution in [0.4, 0.5) is 0 Å². The van der Waals surface area contributed by atoms with Crippen LogP contribution in [0.5, 0.6) is 0 Å². The largest absolute Gasteiger partial charge is 0.354 e. The summed E-state index contributed by atoms with van der Waals surface area (Å²) < 4.78 is 0. The molecule has 0 spiro atoms. The number of nitrogens with zero attached hydrogens (tertiary/aromatic N) is 2. The van der Waals surface area contributed by atoms with Gasteiger partial charge in [-0.3, -0.25) is 9.69 Å². The first-order valence-corrected chi connectivity index (χ1v) is 12.4. The quantitative estimate of drug-likeness (QED) is 0.308. The van der Waals surface area contributed by atoms with Gasteiger partial charge in [0.05, 0.1) is 6.54 Å². The molecule has 164 valence electrons. The normalized spacial score (nSPS) is 15.7. The third-order valence-electron chi connectivity index (χ3n) is 5.74. The van der Waals surface area contributed by atoms with E-state index >= 15 is 0 Å². The number of amides is 1. The van der Waals surface area contributed by atoms with Crippen molar-refractivity contribution < 1.29 is 4.79 Å². The van der Waals surface area contributed by atoms with Gasteiger partial charge in [0.25, 0.3) is 0 Å². The Morgan fingerprint density at radius 1 is 1.03 bits per heavy atom. The molecular weight excluding hydrogens is 398 g/mol. The SMILES string of the molecule is O=C(CN(CCS)CCCCCN1CCC(Cc2ccccc2)CC1)NCCS. The first kappa shape index (κ1) is 24.6. The Morgan fingerprint density at radius 3 is 2.48 bits per heavy atom. The summed E-state index contributed by atoms with van der Waals surface area (Å²) in [5, 5.41) is 2.90. The first-order valence-electron chi connectivity index (χ1n) is 11.2. The first-order chi connectivity index (χ1) is 14.2. The molecule has 1 aromatic rings. The lowest BCUT2D eigenvalue weighted by molar-refractivity contribution is -0.122. The highest BCUT2D eigenvalue weighted by atomic mass is 32.1. The minimum absolute atomic E-state index is 0.0965. The van der Waals surface area contributed by atoms with Crippen molar-refractivity contribution in [1.29, 1.82) is 0 Å². The maximum absolute atomic E-state index is 11.9. The maximum atomic E-state index is 11.9. The number of unbranched alkanes of at least 4 members (excludes halogenated alkanes) is 2. The van der Waals surface area contributed by atoms with Crippen molar-refractivity contribution in [3.8, 4) is 0 Å². The van der Waals surface area contributed by atoms with Crippen LogP contribution >= 0.6 is 25.3 Å². The molecule has 0 bridgehead atoms. The third kappa shape index (κ3) is 10.8. The van der Waals surface area contributed by atoms with Gasteiger partial charge in [-0.05, 0) is 69.8 Å². The zero-order chi connectivity index (χ0) is 20.7. The second-order valence-electron chi connectivity index (χ2n) is 8.11. The van der Waals surface area contributed by atoms with Crippen LogP contribution in [-0.4, -0.2) is 73.0 Å². The highest BCUT2D eigenvalue weighted by Crippen LogP contribution is 2.21. The zero-order valence-electron chi connectivity index (χ0n) is 17.8. The molecule has 1 aliphatic rings. The molecule has 1 saturated heterocycles.